The van der Waals surface area contributed by atoms with E-state index in [1.807, 2.05) is 36.4 Å². The second-order valence-corrected chi connectivity index (χ2v) is 14.2. The summed E-state index contributed by atoms with van der Waals surface area (Å²) in [7, 11) is 0. The van der Waals surface area contributed by atoms with Gasteiger partial charge in [0.15, 0.2) is 5.84 Å². The van der Waals surface area contributed by atoms with Gasteiger partial charge in [-0.1, -0.05) is 200 Å². The molecule has 0 bridgehead atoms. The van der Waals surface area contributed by atoms with Gasteiger partial charge in [0.25, 0.3) is 0 Å². The quantitative estimate of drug-likeness (QED) is 0.0771. The van der Waals surface area contributed by atoms with Crippen LogP contribution >= 0.6 is 0 Å². The Balaban J connectivity index is 1.20. The molecule has 262 valence electrons. The van der Waals surface area contributed by atoms with E-state index in [2.05, 4.69) is 176 Å². The summed E-state index contributed by atoms with van der Waals surface area (Å²) in [4.78, 5) is 4.97. The van der Waals surface area contributed by atoms with Gasteiger partial charge in [-0.2, -0.15) is 0 Å². The molecule has 2 heteroatoms. The first-order valence-corrected chi connectivity index (χ1v) is 19.0. The van der Waals surface area contributed by atoms with Crippen LogP contribution in [-0.2, 0) is 0 Å². The normalized spacial score (nSPS) is 12.0. The van der Waals surface area contributed by atoms with E-state index in [1.54, 1.807) is 0 Å². The van der Waals surface area contributed by atoms with Gasteiger partial charge in [0, 0.05) is 11.1 Å². The van der Waals surface area contributed by atoms with Gasteiger partial charge >= 0.3 is 0 Å². The first-order chi connectivity index (χ1) is 27.7. The van der Waals surface area contributed by atoms with E-state index >= 15 is 0 Å². The zero-order chi connectivity index (χ0) is 37.4. The molecule has 2 nitrogen and oxygen atoms in total. The molecule has 0 amide bonds. The lowest BCUT2D eigenvalue weighted by Crippen LogP contribution is -2.04. The summed E-state index contributed by atoms with van der Waals surface area (Å²) in [5, 5.41) is 21.2. The van der Waals surface area contributed by atoms with Crippen molar-refractivity contribution in [2.75, 3.05) is 0 Å². The summed E-state index contributed by atoms with van der Waals surface area (Å²) in [5.41, 5.74) is 8.35. The fourth-order valence-corrected chi connectivity index (χ4v) is 8.31. The van der Waals surface area contributed by atoms with Gasteiger partial charge in [-0.3, -0.25) is 5.41 Å². The molecule has 0 spiro atoms. The molecule has 0 atom stereocenters. The predicted molar refractivity (Wildman–Crippen MR) is 240 cm³/mol. The van der Waals surface area contributed by atoms with Crippen LogP contribution in [0.25, 0.3) is 82.2 Å². The fourth-order valence-electron chi connectivity index (χ4n) is 8.31. The smallest absolute Gasteiger partial charge is 0.152 e. The van der Waals surface area contributed by atoms with Crippen molar-refractivity contribution in [3.05, 3.63) is 223 Å². The number of aliphatic imine (C=N–C) groups is 1. The molecule has 0 saturated heterocycles. The van der Waals surface area contributed by atoms with E-state index in [0.29, 0.717) is 0 Å². The second-order valence-electron chi connectivity index (χ2n) is 14.2. The Hall–Kier alpha value is -7.42. The molecule has 10 aromatic rings. The van der Waals surface area contributed by atoms with E-state index in [9.17, 15) is 0 Å². The van der Waals surface area contributed by atoms with Crippen LogP contribution in [0, 0.1) is 5.41 Å². The zero-order valence-corrected chi connectivity index (χ0v) is 30.7. The highest BCUT2D eigenvalue weighted by atomic mass is 14.8. The first-order valence-electron chi connectivity index (χ1n) is 19.0. The number of fused-ring (bicyclic) bond motifs is 6. The molecule has 0 aliphatic carbocycles. The number of benzene rings is 10. The van der Waals surface area contributed by atoms with Crippen LogP contribution in [0.15, 0.2) is 211 Å². The zero-order valence-electron chi connectivity index (χ0n) is 30.7. The van der Waals surface area contributed by atoms with Gasteiger partial charge in [0.2, 0.25) is 0 Å². The second kappa shape index (κ2) is 14.1. The molecule has 0 radical (unpaired) electrons. The number of hydrogen-bond acceptors (Lipinski definition) is 1. The molecule has 1 N–H and O–H groups in total. The molecule has 0 unspecified atom stereocenters. The van der Waals surface area contributed by atoms with Crippen LogP contribution in [0.1, 0.15) is 16.7 Å². The van der Waals surface area contributed by atoms with E-state index in [-0.39, 0.29) is 5.84 Å². The molecule has 56 heavy (non-hydrogen) atoms. The van der Waals surface area contributed by atoms with Gasteiger partial charge in [-0.05, 0) is 93.8 Å². The van der Waals surface area contributed by atoms with Crippen molar-refractivity contribution in [3.8, 4) is 22.3 Å². The molecule has 0 heterocycles. The predicted octanol–water partition coefficient (Wildman–Crippen LogP) is 14.3. The number of allylic oxidation sites excluding steroid dienone is 1. The van der Waals surface area contributed by atoms with Gasteiger partial charge in [-0.15, -0.1) is 0 Å². The number of nitrogens with zero attached hydrogens (tertiary/aromatic N) is 1. The minimum atomic E-state index is 0.220. The minimum Gasteiger partial charge on any atom is -0.282 e. The highest BCUT2D eigenvalue weighted by molar-refractivity contribution is 6.28. The Bertz CT molecular complexity index is 3120. The highest BCUT2D eigenvalue weighted by Gasteiger charge is 2.19. The van der Waals surface area contributed by atoms with Crippen molar-refractivity contribution in [1.29, 1.82) is 5.41 Å². The van der Waals surface area contributed by atoms with Crippen LogP contribution in [0.3, 0.4) is 0 Å². The lowest BCUT2D eigenvalue weighted by atomic mass is 9.83. The molecular weight excluding hydrogens is 677 g/mol. The maximum Gasteiger partial charge on any atom is 0.152 e. The van der Waals surface area contributed by atoms with Crippen LogP contribution in [0.2, 0.25) is 0 Å². The van der Waals surface area contributed by atoms with Crippen LogP contribution in [0.5, 0.6) is 0 Å². The van der Waals surface area contributed by atoms with Crippen molar-refractivity contribution in [2.45, 2.75) is 0 Å². The van der Waals surface area contributed by atoms with E-state index in [1.165, 1.54) is 54.2 Å². The average Bonchev–Trinajstić information content (AvgIpc) is 3.27. The Morgan fingerprint density at radius 2 is 0.875 bits per heavy atom. The largest absolute Gasteiger partial charge is 0.282 e. The molecule has 0 aliphatic rings. The summed E-state index contributed by atoms with van der Waals surface area (Å²) in [6, 6.07) is 70.6. The van der Waals surface area contributed by atoms with Gasteiger partial charge in [0.1, 0.15) is 0 Å². The fraction of sp³-hybridized carbons (Fsp3) is 0. The van der Waals surface area contributed by atoms with Crippen molar-refractivity contribution >= 4 is 71.5 Å². The van der Waals surface area contributed by atoms with Crippen molar-refractivity contribution in [1.82, 2.24) is 0 Å². The van der Waals surface area contributed by atoms with E-state index in [0.717, 1.165) is 44.3 Å². The maximum absolute atomic E-state index is 9.02. The van der Waals surface area contributed by atoms with Crippen LogP contribution in [0.4, 0.5) is 0 Å². The molecule has 0 aromatic heterocycles. The van der Waals surface area contributed by atoms with Gasteiger partial charge in [-0.25, -0.2) is 4.99 Å². The summed E-state index contributed by atoms with van der Waals surface area (Å²) >= 11 is 0. The van der Waals surface area contributed by atoms with E-state index in [4.69, 9.17) is 10.4 Å². The van der Waals surface area contributed by atoms with Crippen LogP contribution < -0.4 is 0 Å². The molecular formula is C54H36N2. The Kier molecular flexibility index (Phi) is 8.35. The Labute approximate surface area is 325 Å². The van der Waals surface area contributed by atoms with Gasteiger partial charge in [0.05, 0.1) is 5.71 Å². The lowest BCUT2D eigenvalue weighted by Gasteiger charge is -2.20. The number of hydrogen-bond donors (Lipinski definition) is 1. The maximum atomic E-state index is 9.02. The van der Waals surface area contributed by atoms with Crippen LogP contribution in [-0.4, -0.2) is 11.5 Å². The monoisotopic (exact) mass is 712 g/mol. The first kappa shape index (κ1) is 33.2. The lowest BCUT2D eigenvalue weighted by molar-refractivity contribution is 1.41. The molecule has 0 fully saturated rings. The summed E-state index contributed by atoms with van der Waals surface area (Å²) < 4.78 is 0. The molecule has 10 aromatic carbocycles. The highest BCUT2D eigenvalue weighted by Crippen LogP contribution is 2.46. The topological polar surface area (TPSA) is 36.2 Å². The SMILES string of the molecule is N=C(N=C(/C=C/c1c2ccccc2c(-c2c3ccccc3cc3c2ccc2ccccc23)c2ccccc12)c1ccc(-c2ccccc2)cc1)c1ccccc1. The number of nitrogens with one attached hydrogen (secondary N) is 1. The van der Waals surface area contributed by atoms with Crippen molar-refractivity contribution < 1.29 is 0 Å². The van der Waals surface area contributed by atoms with Crippen molar-refractivity contribution in [2.24, 2.45) is 4.99 Å². The third-order valence-corrected chi connectivity index (χ3v) is 11.0. The third kappa shape index (κ3) is 5.85. The van der Waals surface area contributed by atoms with Crippen molar-refractivity contribution in [3.63, 3.8) is 0 Å². The van der Waals surface area contributed by atoms with E-state index < -0.39 is 0 Å². The summed E-state index contributed by atoms with van der Waals surface area (Å²) in [6.07, 6.45) is 4.29. The number of amidine groups is 1. The van der Waals surface area contributed by atoms with Gasteiger partial charge < -0.3 is 0 Å². The summed E-state index contributed by atoms with van der Waals surface area (Å²) in [6.45, 7) is 0. The summed E-state index contributed by atoms with van der Waals surface area (Å²) in [5.74, 6) is 0.220. The number of rotatable bonds is 6. The molecule has 0 saturated carbocycles. The average molecular weight is 713 g/mol. The molecule has 10 rings (SSSR count). The standard InChI is InChI=1S/C54H36N2/c55-54(40-18-5-2-6-19-40)56-51(39-29-27-37(28-30-39)36-15-3-1-4-16-36)34-33-46-44-23-11-13-25-47(44)53(48-26-14-12-24-45(46)48)52-43-22-10-8-20-41(43)35-50-42-21-9-7-17-38(42)31-32-49(50)52/h1-35,55H/b34-33+,55-54?,56-51?. The molecule has 0 aliphatic heterocycles. The minimum absolute atomic E-state index is 0.220. The Morgan fingerprint density at radius 1 is 0.375 bits per heavy atom. The third-order valence-electron chi connectivity index (χ3n) is 11.0. The Morgan fingerprint density at radius 3 is 1.55 bits per heavy atom.